The van der Waals surface area contributed by atoms with E-state index in [9.17, 15) is 21.6 Å². The van der Waals surface area contributed by atoms with E-state index in [-0.39, 0.29) is 38.0 Å². The predicted molar refractivity (Wildman–Crippen MR) is 155 cm³/mol. The molecule has 13 heteroatoms. The van der Waals surface area contributed by atoms with Gasteiger partial charge in [0.05, 0.1) is 26.9 Å². The first kappa shape index (κ1) is 28.4. The number of primary sulfonamides is 1. The predicted octanol–water partition coefficient (Wildman–Crippen LogP) is 5.10. The summed E-state index contributed by atoms with van der Waals surface area (Å²) in [6.45, 7) is 1.63. The molecule has 9 nitrogen and oxygen atoms in total. The summed E-state index contributed by atoms with van der Waals surface area (Å²) in [4.78, 5) is 13.1. The maximum atomic E-state index is 15.2. The van der Waals surface area contributed by atoms with Gasteiger partial charge >= 0.3 is 0 Å². The van der Waals surface area contributed by atoms with Crippen molar-refractivity contribution in [3.05, 3.63) is 101 Å². The molecule has 1 amide bonds. The van der Waals surface area contributed by atoms with Gasteiger partial charge in [0.25, 0.3) is 5.91 Å². The van der Waals surface area contributed by atoms with Crippen molar-refractivity contribution in [2.24, 2.45) is 5.14 Å². The van der Waals surface area contributed by atoms with Crippen molar-refractivity contribution in [1.82, 2.24) is 9.78 Å². The van der Waals surface area contributed by atoms with Crippen molar-refractivity contribution in [2.75, 3.05) is 11.6 Å². The van der Waals surface area contributed by atoms with Crippen LogP contribution in [-0.4, -0.2) is 38.8 Å². The molecular formula is C28H22ClFN4O5S2. The summed E-state index contributed by atoms with van der Waals surface area (Å²) in [5.74, 6) is -1.58. The minimum atomic E-state index is -4.07. The number of benzene rings is 4. The third-order valence-electron chi connectivity index (χ3n) is 6.29. The highest BCUT2D eigenvalue weighted by Crippen LogP contribution is 2.31. The van der Waals surface area contributed by atoms with E-state index in [1.807, 2.05) is 0 Å². The average molecular weight is 613 g/mol. The van der Waals surface area contributed by atoms with Crippen LogP contribution in [0.3, 0.4) is 0 Å². The number of nitrogens with zero attached hydrogens (tertiary/aromatic N) is 2. The van der Waals surface area contributed by atoms with E-state index in [2.05, 4.69) is 10.4 Å². The van der Waals surface area contributed by atoms with Gasteiger partial charge in [-0.1, -0.05) is 41.9 Å². The number of hydrogen-bond acceptors (Lipinski definition) is 6. The van der Waals surface area contributed by atoms with E-state index in [1.54, 1.807) is 37.3 Å². The standard InChI is InChI=1S/C28H22ClFN4O5S2/c1-16-11-25(34(33-16)24-14-17-7-9-20(29)12-19(17)15-27(24)40(2,36)37)28(35)32-23-10-8-18(13-22(23)30)21-5-3-4-6-26(21)41(31,38)39/h3-15H,1-2H3,(H,32,35)(H2,31,38,39). The van der Waals surface area contributed by atoms with Crippen LogP contribution < -0.4 is 10.5 Å². The van der Waals surface area contributed by atoms with Crippen LogP contribution >= 0.6 is 11.6 Å². The highest BCUT2D eigenvalue weighted by atomic mass is 35.5. The van der Waals surface area contributed by atoms with E-state index in [0.717, 1.165) is 12.3 Å². The number of nitrogens with one attached hydrogen (secondary N) is 1. The van der Waals surface area contributed by atoms with Crippen LogP contribution in [0, 0.1) is 12.7 Å². The zero-order valence-electron chi connectivity index (χ0n) is 21.6. The molecule has 0 atom stereocenters. The second kappa shape index (κ2) is 10.4. The van der Waals surface area contributed by atoms with Crippen LogP contribution in [0.5, 0.6) is 0 Å². The summed E-state index contributed by atoms with van der Waals surface area (Å²) in [7, 11) is -7.85. The Bertz CT molecular complexity index is 2090. The minimum absolute atomic E-state index is 0.0382. The van der Waals surface area contributed by atoms with Crippen molar-refractivity contribution >= 4 is 53.8 Å². The fraction of sp³-hybridized carbons (Fsp3) is 0.0714. The van der Waals surface area contributed by atoms with Gasteiger partial charge in [-0.2, -0.15) is 5.10 Å². The maximum Gasteiger partial charge on any atom is 0.274 e. The number of hydrogen-bond donors (Lipinski definition) is 2. The lowest BCUT2D eigenvalue weighted by molar-refractivity contribution is 0.101. The van der Waals surface area contributed by atoms with Crippen molar-refractivity contribution in [3.63, 3.8) is 0 Å². The molecule has 0 aliphatic heterocycles. The molecule has 0 unspecified atom stereocenters. The van der Waals surface area contributed by atoms with Gasteiger partial charge < -0.3 is 5.32 Å². The molecule has 0 saturated heterocycles. The number of sulfonamides is 1. The van der Waals surface area contributed by atoms with Crippen LogP contribution in [0.1, 0.15) is 16.2 Å². The van der Waals surface area contributed by atoms with Gasteiger partial charge in [-0.25, -0.2) is 31.0 Å². The molecule has 3 N–H and O–H groups in total. The molecule has 0 bridgehead atoms. The number of anilines is 1. The summed E-state index contributed by atoms with van der Waals surface area (Å²) >= 11 is 6.09. The number of nitrogens with two attached hydrogens (primary N) is 1. The Labute approximate surface area is 240 Å². The molecule has 5 rings (SSSR count). The molecule has 0 aliphatic rings. The number of aryl methyl sites for hydroxylation is 1. The lowest BCUT2D eigenvalue weighted by Crippen LogP contribution is -2.19. The van der Waals surface area contributed by atoms with Gasteiger partial charge in [-0.05, 0) is 71.8 Å². The van der Waals surface area contributed by atoms with E-state index >= 15 is 4.39 Å². The number of aromatic nitrogens is 2. The van der Waals surface area contributed by atoms with Crippen LogP contribution in [0.4, 0.5) is 10.1 Å². The Kier molecular flexibility index (Phi) is 7.20. The number of carbonyl (C=O) groups is 1. The van der Waals surface area contributed by atoms with Crippen molar-refractivity contribution < 1.29 is 26.0 Å². The van der Waals surface area contributed by atoms with Gasteiger partial charge in [0, 0.05) is 16.8 Å². The zero-order chi connectivity index (χ0) is 29.7. The average Bonchev–Trinajstić information content (AvgIpc) is 3.29. The fourth-order valence-corrected chi connectivity index (χ4v) is 6.27. The Morgan fingerprint density at radius 2 is 1.66 bits per heavy atom. The minimum Gasteiger partial charge on any atom is -0.318 e. The molecule has 0 radical (unpaired) electrons. The number of rotatable bonds is 6. The van der Waals surface area contributed by atoms with E-state index in [0.29, 0.717) is 21.5 Å². The molecule has 0 spiro atoms. The second-order valence-corrected chi connectivity index (χ2v) is 13.3. The normalized spacial score (nSPS) is 12.0. The summed E-state index contributed by atoms with van der Waals surface area (Å²) in [5, 5.41) is 13.8. The summed E-state index contributed by atoms with van der Waals surface area (Å²) in [6, 6.07) is 19.2. The largest absolute Gasteiger partial charge is 0.318 e. The monoisotopic (exact) mass is 612 g/mol. The fourth-order valence-electron chi connectivity index (χ4n) is 4.47. The van der Waals surface area contributed by atoms with E-state index < -0.39 is 31.6 Å². The van der Waals surface area contributed by atoms with Gasteiger partial charge in [-0.15, -0.1) is 0 Å². The molecule has 41 heavy (non-hydrogen) atoms. The summed E-state index contributed by atoms with van der Waals surface area (Å²) in [5.41, 5.74) is 0.765. The van der Waals surface area contributed by atoms with Crippen LogP contribution in [-0.2, 0) is 19.9 Å². The smallest absolute Gasteiger partial charge is 0.274 e. The molecule has 0 fully saturated rings. The number of amides is 1. The summed E-state index contributed by atoms with van der Waals surface area (Å²) in [6.07, 6.45) is 1.04. The number of fused-ring (bicyclic) bond motifs is 1. The molecule has 5 aromatic rings. The summed E-state index contributed by atoms with van der Waals surface area (Å²) < 4.78 is 65.8. The molecule has 1 heterocycles. The molecule has 0 aliphatic carbocycles. The van der Waals surface area contributed by atoms with Gasteiger partial charge in [0.2, 0.25) is 10.0 Å². The van der Waals surface area contributed by atoms with Crippen LogP contribution in [0.25, 0.3) is 27.6 Å². The number of carbonyl (C=O) groups excluding carboxylic acids is 1. The topological polar surface area (TPSA) is 141 Å². The van der Waals surface area contributed by atoms with Gasteiger partial charge in [0.15, 0.2) is 9.84 Å². The quantitative estimate of drug-likeness (QED) is 0.273. The SMILES string of the molecule is Cc1cc(C(=O)Nc2ccc(-c3ccccc3S(N)(=O)=O)cc2F)n(-c2cc3ccc(Cl)cc3cc2S(C)(=O)=O)n1. The van der Waals surface area contributed by atoms with Gasteiger partial charge in [0.1, 0.15) is 11.5 Å². The highest BCUT2D eigenvalue weighted by Gasteiger charge is 2.23. The first-order valence-corrected chi connectivity index (χ1v) is 15.8. The Morgan fingerprint density at radius 1 is 0.927 bits per heavy atom. The van der Waals surface area contributed by atoms with Crippen molar-refractivity contribution in [3.8, 4) is 16.8 Å². The molecule has 0 saturated carbocycles. The maximum absolute atomic E-state index is 15.2. The Hall–Kier alpha value is -4.10. The first-order chi connectivity index (χ1) is 19.2. The first-order valence-electron chi connectivity index (χ1n) is 12.0. The van der Waals surface area contributed by atoms with Crippen molar-refractivity contribution in [2.45, 2.75) is 16.7 Å². The molecule has 1 aromatic heterocycles. The number of sulfone groups is 1. The zero-order valence-corrected chi connectivity index (χ0v) is 24.0. The van der Waals surface area contributed by atoms with Crippen LogP contribution in [0.2, 0.25) is 5.02 Å². The molecule has 210 valence electrons. The lowest BCUT2D eigenvalue weighted by atomic mass is 10.0. The third kappa shape index (κ3) is 5.72. The van der Waals surface area contributed by atoms with Crippen molar-refractivity contribution in [1.29, 1.82) is 0 Å². The third-order valence-corrected chi connectivity index (χ3v) is 8.62. The molecule has 4 aromatic carbocycles. The Morgan fingerprint density at radius 3 is 2.34 bits per heavy atom. The van der Waals surface area contributed by atoms with E-state index in [1.165, 1.54) is 47.1 Å². The second-order valence-electron chi connectivity index (χ2n) is 9.36. The number of halogens is 2. The molecular weight excluding hydrogens is 591 g/mol. The van der Waals surface area contributed by atoms with Crippen LogP contribution in [0.15, 0.2) is 88.7 Å². The van der Waals surface area contributed by atoms with E-state index in [4.69, 9.17) is 16.7 Å². The lowest BCUT2D eigenvalue weighted by Gasteiger charge is -2.14. The van der Waals surface area contributed by atoms with Gasteiger partial charge in [-0.3, -0.25) is 4.79 Å². The Balaban J connectivity index is 1.55. The highest BCUT2D eigenvalue weighted by molar-refractivity contribution is 7.90.